The Hall–Kier alpha value is -1.47. The Morgan fingerprint density at radius 2 is 1.40 bits per heavy atom. The van der Waals surface area contributed by atoms with Crippen molar-refractivity contribution < 1.29 is 0 Å². The summed E-state index contributed by atoms with van der Waals surface area (Å²) in [6, 6.07) is 10.4. The van der Waals surface area contributed by atoms with Gasteiger partial charge in [0.15, 0.2) is 4.90 Å². The van der Waals surface area contributed by atoms with Crippen LogP contribution < -0.4 is 0 Å². The van der Waals surface area contributed by atoms with Gasteiger partial charge in [-0.1, -0.05) is 43.5 Å². The summed E-state index contributed by atoms with van der Waals surface area (Å²) >= 11 is 0. The van der Waals surface area contributed by atoms with Gasteiger partial charge in [-0.05, 0) is 24.3 Å². The summed E-state index contributed by atoms with van der Waals surface area (Å²) in [6.45, 7) is 7.36. The van der Waals surface area contributed by atoms with Crippen LogP contribution in [0.5, 0.6) is 0 Å². The third kappa shape index (κ3) is 4.05. The molecule has 0 saturated carbocycles. The summed E-state index contributed by atoms with van der Waals surface area (Å²) in [5, 5.41) is 4.28. The van der Waals surface area contributed by atoms with Gasteiger partial charge in [-0.2, -0.15) is 0 Å². The third-order valence-corrected chi connectivity index (χ3v) is 3.46. The van der Waals surface area contributed by atoms with Crippen molar-refractivity contribution in [3.8, 4) is 0 Å². The molecule has 0 nitrogen and oxygen atoms in total. The van der Waals surface area contributed by atoms with Crippen LogP contribution in [0.15, 0.2) is 83.5 Å². The Bertz CT molecular complexity index is 342. The topological polar surface area (TPSA) is 0 Å². The van der Waals surface area contributed by atoms with Crippen LogP contribution in [0.2, 0.25) is 0 Å². The number of allylic oxidation sites excluding steroid dienone is 4. The van der Waals surface area contributed by atoms with Crippen LogP contribution in [0.1, 0.15) is 0 Å². The van der Waals surface area contributed by atoms with Crippen molar-refractivity contribution >= 4 is 10.9 Å². The summed E-state index contributed by atoms with van der Waals surface area (Å²) < 4.78 is 0. The van der Waals surface area contributed by atoms with Gasteiger partial charge in [0.1, 0.15) is 10.8 Å². The lowest BCUT2D eigenvalue weighted by Gasteiger charge is -1.95. The van der Waals surface area contributed by atoms with Crippen LogP contribution in [0.3, 0.4) is 0 Å². The molecule has 0 aliphatic rings. The Labute approximate surface area is 94.7 Å². The van der Waals surface area contributed by atoms with Crippen molar-refractivity contribution in [3.63, 3.8) is 0 Å². The molecule has 0 spiro atoms. The van der Waals surface area contributed by atoms with Crippen molar-refractivity contribution in [2.75, 3.05) is 0 Å². The average Bonchev–Trinajstić information content (AvgIpc) is 2.30. The summed E-state index contributed by atoms with van der Waals surface area (Å²) in [7, 11) is 0.00877. The predicted octanol–water partition coefficient (Wildman–Crippen LogP) is 4.06. The quantitative estimate of drug-likeness (QED) is 0.513. The summed E-state index contributed by atoms with van der Waals surface area (Å²) in [6.07, 6.45) is 7.54. The number of benzene rings is 1. The van der Waals surface area contributed by atoms with Crippen molar-refractivity contribution in [2.45, 2.75) is 4.90 Å². The minimum absolute atomic E-state index is 0.00877. The first-order chi connectivity index (χ1) is 7.38. The highest BCUT2D eigenvalue weighted by molar-refractivity contribution is 8.02. The van der Waals surface area contributed by atoms with Gasteiger partial charge >= 0.3 is 0 Å². The minimum Gasteiger partial charge on any atom is -0.0989 e. The van der Waals surface area contributed by atoms with Gasteiger partial charge in [0.2, 0.25) is 0 Å². The summed E-state index contributed by atoms with van der Waals surface area (Å²) in [5.41, 5.74) is 0. The molecule has 0 bridgehead atoms. The fraction of sp³-hybridized carbons (Fsp3) is 0. The average molecular weight is 215 g/mol. The van der Waals surface area contributed by atoms with Gasteiger partial charge in [-0.25, -0.2) is 0 Å². The summed E-state index contributed by atoms with van der Waals surface area (Å²) in [5.74, 6) is 0. The van der Waals surface area contributed by atoms with E-state index in [0.29, 0.717) is 0 Å². The van der Waals surface area contributed by atoms with E-state index in [-0.39, 0.29) is 10.9 Å². The van der Waals surface area contributed by atoms with Gasteiger partial charge in [0.05, 0.1) is 10.9 Å². The van der Waals surface area contributed by atoms with E-state index in [2.05, 4.69) is 48.2 Å². The second-order valence-electron chi connectivity index (χ2n) is 2.81. The SMILES string of the molecule is C=C/C=C/[S+](/C=C/C=C)c1ccccc1. The Morgan fingerprint density at radius 1 is 0.867 bits per heavy atom. The van der Waals surface area contributed by atoms with E-state index in [4.69, 9.17) is 0 Å². The highest BCUT2D eigenvalue weighted by Gasteiger charge is 2.13. The predicted molar refractivity (Wildman–Crippen MR) is 70.7 cm³/mol. The Balaban J connectivity index is 2.90. The standard InChI is InChI=1S/C14H15S/c1-3-5-12-15(13-6-4-2)14-10-8-7-9-11-14/h3-13H,1-2H2/q+1/b12-5+,13-6+. The van der Waals surface area contributed by atoms with Gasteiger partial charge in [-0.15, -0.1) is 0 Å². The van der Waals surface area contributed by atoms with E-state index in [1.807, 2.05) is 18.2 Å². The molecule has 1 rings (SSSR count). The van der Waals surface area contributed by atoms with Crippen LogP contribution in [-0.2, 0) is 10.9 Å². The first-order valence-electron chi connectivity index (χ1n) is 4.74. The maximum absolute atomic E-state index is 3.68. The molecule has 15 heavy (non-hydrogen) atoms. The van der Waals surface area contributed by atoms with E-state index in [1.54, 1.807) is 12.2 Å². The Morgan fingerprint density at radius 3 is 1.87 bits per heavy atom. The highest BCUT2D eigenvalue weighted by Crippen LogP contribution is 2.16. The molecule has 0 saturated heterocycles. The van der Waals surface area contributed by atoms with Crippen LogP contribution in [0.25, 0.3) is 0 Å². The molecule has 0 aliphatic heterocycles. The highest BCUT2D eigenvalue weighted by atomic mass is 32.2. The summed E-state index contributed by atoms with van der Waals surface area (Å²) in [4.78, 5) is 1.30. The molecule has 1 heteroatoms. The molecule has 1 aromatic carbocycles. The fourth-order valence-electron chi connectivity index (χ4n) is 1.06. The normalized spacial score (nSPS) is 11.3. The maximum Gasteiger partial charge on any atom is 0.165 e. The zero-order chi connectivity index (χ0) is 10.9. The molecule has 0 aliphatic carbocycles. The van der Waals surface area contributed by atoms with Crippen LogP contribution in [-0.4, -0.2) is 0 Å². The van der Waals surface area contributed by atoms with E-state index in [1.165, 1.54) is 4.90 Å². The van der Waals surface area contributed by atoms with Crippen LogP contribution >= 0.6 is 0 Å². The van der Waals surface area contributed by atoms with Crippen molar-refractivity contribution in [3.05, 3.63) is 78.6 Å². The van der Waals surface area contributed by atoms with Gasteiger partial charge < -0.3 is 0 Å². The fourth-order valence-corrected chi connectivity index (χ4v) is 2.50. The number of hydrogen-bond donors (Lipinski definition) is 0. The van der Waals surface area contributed by atoms with Crippen molar-refractivity contribution in [2.24, 2.45) is 0 Å². The molecule has 0 atom stereocenters. The van der Waals surface area contributed by atoms with E-state index in [0.717, 1.165) is 0 Å². The first-order valence-corrected chi connectivity index (χ1v) is 6.09. The smallest absolute Gasteiger partial charge is 0.0989 e. The molecule has 0 radical (unpaired) electrons. The number of rotatable bonds is 5. The van der Waals surface area contributed by atoms with Gasteiger partial charge in [0.25, 0.3) is 0 Å². The molecular weight excluding hydrogens is 200 g/mol. The second-order valence-corrected chi connectivity index (χ2v) is 4.57. The van der Waals surface area contributed by atoms with Gasteiger partial charge in [-0.3, -0.25) is 0 Å². The molecular formula is C14H15S+. The van der Waals surface area contributed by atoms with Crippen molar-refractivity contribution in [1.82, 2.24) is 0 Å². The van der Waals surface area contributed by atoms with E-state index < -0.39 is 0 Å². The monoisotopic (exact) mass is 215 g/mol. The zero-order valence-electron chi connectivity index (χ0n) is 8.67. The molecule has 0 aromatic heterocycles. The molecule has 0 fully saturated rings. The molecule has 0 amide bonds. The van der Waals surface area contributed by atoms with Crippen molar-refractivity contribution in [1.29, 1.82) is 0 Å². The largest absolute Gasteiger partial charge is 0.165 e. The van der Waals surface area contributed by atoms with Gasteiger partial charge in [0, 0.05) is 0 Å². The molecule has 0 N–H and O–H groups in total. The first kappa shape index (κ1) is 11.6. The lowest BCUT2D eigenvalue weighted by Crippen LogP contribution is -1.92. The Kier molecular flexibility index (Phi) is 5.34. The van der Waals surface area contributed by atoms with Crippen LogP contribution in [0, 0.1) is 0 Å². The molecule has 0 heterocycles. The van der Waals surface area contributed by atoms with E-state index >= 15 is 0 Å². The number of hydrogen-bond acceptors (Lipinski definition) is 0. The maximum atomic E-state index is 3.68. The minimum atomic E-state index is 0.00877. The molecule has 76 valence electrons. The zero-order valence-corrected chi connectivity index (χ0v) is 9.49. The van der Waals surface area contributed by atoms with E-state index in [9.17, 15) is 0 Å². The lowest BCUT2D eigenvalue weighted by atomic mass is 10.4. The second kappa shape index (κ2) is 6.91. The molecule has 1 aromatic rings. The lowest BCUT2D eigenvalue weighted by molar-refractivity contribution is 1.46. The third-order valence-electron chi connectivity index (χ3n) is 1.74. The van der Waals surface area contributed by atoms with Crippen LogP contribution in [0.4, 0.5) is 0 Å². The molecule has 0 unspecified atom stereocenters.